The molecular formula is C20H25N3O5S. The molecule has 2 amide bonds. The van der Waals surface area contributed by atoms with Gasteiger partial charge in [-0.1, -0.05) is 12.1 Å². The van der Waals surface area contributed by atoms with Crippen molar-refractivity contribution < 1.29 is 22.7 Å². The summed E-state index contributed by atoms with van der Waals surface area (Å²) in [6, 6.07) is 13.7. The molecule has 29 heavy (non-hydrogen) atoms. The Morgan fingerprint density at radius 3 is 2.17 bits per heavy atom. The Labute approximate surface area is 170 Å². The van der Waals surface area contributed by atoms with Crippen LogP contribution in [0.1, 0.15) is 15.9 Å². The average molecular weight is 420 g/mol. The molecule has 0 fully saturated rings. The van der Waals surface area contributed by atoms with E-state index in [1.807, 2.05) is 0 Å². The lowest BCUT2D eigenvalue weighted by atomic mass is 10.1. The summed E-state index contributed by atoms with van der Waals surface area (Å²) in [5, 5.41) is 2.79. The van der Waals surface area contributed by atoms with Gasteiger partial charge < -0.3 is 15.0 Å². The van der Waals surface area contributed by atoms with E-state index in [2.05, 4.69) is 10.0 Å². The molecule has 0 saturated carbocycles. The topological polar surface area (TPSA) is 105 Å². The van der Waals surface area contributed by atoms with Crippen LogP contribution in [0.15, 0.2) is 48.5 Å². The van der Waals surface area contributed by atoms with Crippen LogP contribution in [0.4, 0.5) is 5.69 Å². The Bertz CT molecular complexity index is 939. The molecule has 0 radical (unpaired) electrons. The van der Waals surface area contributed by atoms with Crippen molar-refractivity contribution in [2.75, 3.05) is 38.8 Å². The fourth-order valence-corrected chi connectivity index (χ4v) is 2.79. The zero-order valence-electron chi connectivity index (χ0n) is 16.6. The van der Waals surface area contributed by atoms with Gasteiger partial charge in [-0.3, -0.25) is 9.59 Å². The lowest BCUT2D eigenvalue weighted by Gasteiger charge is -2.12. The second kappa shape index (κ2) is 10.0. The van der Waals surface area contributed by atoms with Gasteiger partial charge in [0, 0.05) is 31.9 Å². The number of nitrogens with zero attached hydrogens (tertiary/aromatic N) is 1. The number of likely N-dealkylation sites (N-methyl/N-ethyl adjacent to an activating group) is 1. The average Bonchev–Trinajstić information content (AvgIpc) is 2.66. The summed E-state index contributed by atoms with van der Waals surface area (Å²) >= 11 is 0. The molecule has 0 spiro atoms. The van der Waals surface area contributed by atoms with Gasteiger partial charge in [0.25, 0.3) is 11.8 Å². The second-order valence-corrected chi connectivity index (χ2v) is 8.50. The van der Waals surface area contributed by atoms with E-state index in [1.54, 1.807) is 62.6 Å². The van der Waals surface area contributed by atoms with Gasteiger partial charge in [-0.2, -0.15) is 0 Å². The minimum atomic E-state index is -3.21. The van der Waals surface area contributed by atoms with Crippen molar-refractivity contribution in [3.05, 3.63) is 59.7 Å². The molecule has 0 aliphatic rings. The van der Waals surface area contributed by atoms with Crippen LogP contribution in [-0.2, 0) is 21.2 Å². The molecule has 0 aliphatic heterocycles. The molecule has 9 heteroatoms. The molecule has 0 heterocycles. The minimum absolute atomic E-state index is 0.0508. The third-order valence-electron chi connectivity index (χ3n) is 3.97. The highest BCUT2D eigenvalue weighted by Gasteiger charge is 2.08. The van der Waals surface area contributed by atoms with Gasteiger partial charge in [-0.05, 0) is 48.4 Å². The first kappa shape index (κ1) is 22.4. The van der Waals surface area contributed by atoms with E-state index < -0.39 is 10.0 Å². The summed E-state index contributed by atoms with van der Waals surface area (Å²) in [5.41, 5.74) is 2.01. The number of amides is 2. The Morgan fingerprint density at radius 2 is 1.62 bits per heavy atom. The van der Waals surface area contributed by atoms with E-state index in [1.165, 1.54) is 4.90 Å². The maximum atomic E-state index is 12.4. The van der Waals surface area contributed by atoms with Crippen LogP contribution in [0.25, 0.3) is 0 Å². The number of hydrogen-bond donors (Lipinski definition) is 2. The number of carbonyl (C=O) groups is 2. The summed E-state index contributed by atoms with van der Waals surface area (Å²) in [6.07, 6.45) is 1.65. The van der Waals surface area contributed by atoms with E-state index in [9.17, 15) is 18.0 Å². The van der Waals surface area contributed by atoms with Crippen LogP contribution < -0.4 is 14.8 Å². The molecule has 0 bridgehead atoms. The number of anilines is 1. The first-order chi connectivity index (χ1) is 13.6. The maximum absolute atomic E-state index is 12.4. The van der Waals surface area contributed by atoms with Gasteiger partial charge >= 0.3 is 0 Å². The predicted octanol–water partition coefficient (Wildman–Crippen LogP) is 1.50. The molecular weight excluding hydrogens is 394 g/mol. The fraction of sp³-hybridized carbons (Fsp3) is 0.300. The summed E-state index contributed by atoms with van der Waals surface area (Å²) < 4.78 is 29.9. The Morgan fingerprint density at radius 1 is 1.00 bits per heavy atom. The molecule has 2 N–H and O–H groups in total. The van der Waals surface area contributed by atoms with E-state index in [4.69, 9.17) is 4.74 Å². The predicted molar refractivity (Wildman–Crippen MR) is 112 cm³/mol. The van der Waals surface area contributed by atoms with Crippen molar-refractivity contribution in [3.63, 3.8) is 0 Å². The van der Waals surface area contributed by atoms with Crippen molar-refractivity contribution in [2.24, 2.45) is 0 Å². The van der Waals surface area contributed by atoms with E-state index in [0.29, 0.717) is 30.0 Å². The van der Waals surface area contributed by atoms with Gasteiger partial charge in [0.1, 0.15) is 5.75 Å². The summed E-state index contributed by atoms with van der Waals surface area (Å²) in [6.45, 7) is 0.254. The summed E-state index contributed by atoms with van der Waals surface area (Å²) in [4.78, 5) is 25.3. The molecule has 8 nitrogen and oxygen atoms in total. The highest BCUT2D eigenvalue weighted by molar-refractivity contribution is 7.88. The number of carbonyl (C=O) groups excluding carboxylic acids is 2. The van der Waals surface area contributed by atoms with Crippen molar-refractivity contribution in [3.8, 4) is 5.75 Å². The largest absolute Gasteiger partial charge is 0.484 e. The number of nitrogens with one attached hydrogen (secondary N) is 2. The monoisotopic (exact) mass is 419 g/mol. The van der Waals surface area contributed by atoms with Crippen LogP contribution >= 0.6 is 0 Å². The molecule has 2 aromatic rings. The number of benzene rings is 2. The van der Waals surface area contributed by atoms with Gasteiger partial charge in [0.15, 0.2) is 6.61 Å². The maximum Gasteiger partial charge on any atom is 0.259 e. The highest BCUT2D eigenvalue weighted by Crippen LogP contribution is 2.17. The standard InChI is InChI=1S/C20H25N3O5S/c1-23(2)19(24)14-28-18-10-8-17(9-11-18)22-20(25)16-6-4-15(5-7-16)12-13-21-29(3,26)27/h4-11,21H,12-14H2,1-3H3,(H,22,25). The lowest BCUT2D eigenvalue weighted by molar-refractivity contribution is -0.130. The second-order valence-electron chi connectivity index (χ2n) is 6.67. The van der Waals surface area contributed by atoms with Crippen LogP contribution in [0, 0.1) is 0 Å². The van der Waals surface area contributed by atoms with E-state index in [-0.39, 0.29) is 18.4 Å². The molecule has 0 aliphatic carbocycles. The van der Waals surface area contributed by atoms with Gasteiger partial charge in [0.05, 0.1) is 6.26 Å². The molecule has 0 unspecified atom stereocenters. The minimum Gasteiger partial charge on any atom is -0.484 e. The molecule has 0 aromatic heterocycles. The van der Waals surface area contributed by atoms with Crippen LogP contribution in [0.5, 0.6) is 5.75 Å². The number of rotatable bonds is 9. The SMILES string of the molecule is CN(C)C(=O)COc1ccc(NC(=O)c2ccc(CCNS(C)(=O)=O)cc2)cc1. The summed E-state index contributed by atoms with van der Waals surface area (Å²) in [7, 11) is 0.105. The van der Waals surface area contributed by atoms with Crippen molar-refractivity contribution in [1.29, 1.82) is 0 Å². The van der Waals surface area contributed by atoms with Gasteiger partial charge in [-0.25, -0.2) is 13.1 Å². The van der Waals surface area contributed by atoms with Crippen molar-refractivity contribution in [2.45, 2.75) is 6.42 Å². The molecule has 0 atom stereocenters. The van der Waals surface area contributed by atoms with Crippen LogP contribution in [-0.4, -0.2) is 58.6 Å². The molecule has 2 rings (SSSR count). The normalized spacial score (nSPS) is 11.0. The van der Waals surface area contributed by atoms with Crippen molar-refractivity contribution >= 4 is 27.5 Å². The lowest BCUT2D eigenvalue weighted by Crippen LogP contribution is -2.27. The number of ether oxygens (including phenoxy) is 1. The van der Waals surface area contributed by atoms with Crippen molar-refractivity contribution in [1.82, 2.24) is 9.62 Å². The fourth-order valence-electron chi connectivity index (χ4n) is 2.32. The van der Waals surface area contributed by atoms with E-state index in [0.717, 1.165) is 11.8 Å². The molecule has 2 aromatic carbocycles. The Balaban J connectivity index is 1.87. The third kappa shape index (κ3) is 7.92. The molecule has 0 saturated heterocycles. The Kier molecular flexibility index (Phi) is 7.74. The van der Waals surface area contributed by atoms with E-state index >= 15 is 0 Å². The van der Waals surface area contributed by atoms with Gasteiger partial charge in [-0.15, -0.1) is 0 Å². The quantitative estimate of drug-likeness (QED) is 0.641. The number of hydrogen-bond acceptors (Lipinski definition) is 5. The Hall–Kier alpha value is -2.91. The zero-order chi connectivity index (χ0) is 21.4. The first-order valence-electron chi connectivity index (χ1n) is 8.92. The number of sulfonamides is 1. The third-order valence-corrected chi connectivity index (χ3v) is 4.70. The first-order valence-corrected chi connectivity index (χ1v) is 10.8. The van der Waals surface area contributed by atoms with Gasteiger partial charge in [0.2, 0.25) is 10.0 Å². The zero-order valence-corrected chi connectivity index (χ0v) is 17.5. The molecule has 156 valence electrons. The van der Waals surface area contributed by atoms with Crippen LogP contribution in [0.2, 0.25) is 0 Å². The summed E-state index contributed by atoms with van der Waals surface area (Å²) in [5.74, 6) is 0.130. The van der Waals surface area contributed by atoms with Crippen LogP contribution in [0.3, 0.4) is 0 Å². The smallest absolute Gasteiger partial charge is 0.259 e. The highest BCUT2D eigenvalue weighted by atomic mass is 32.2.